The number of rotatable bonds is 7. The minimum atomic E-state index is -2.84. The third-order valence-corrected chi connectivity index (χ3v) is 3.56. The molecule has 0 bridgehead atoms. The molecular formula is C10H18N2O2S. The number of hydrogen-bond acceptors (Lipinski definition) is 4. The Hall–Kier alpha value is -0.600. The Bertz CT molecular complexity index is 328. The van der Waals surface area contributed by atoms with E-state index in [1.54, 1.807) is 0 Å². The van der Waals surface area contributed by atoms with Gasteiger partial charge in [0, 0.05) is 25.3 Å². The van der Waals surface area contributed by atoms with Crippen molar-refractivity contribution in [3.63, 3.8) is 0 Å². The Morgan fingerprint density at radius 2 is 2.07 bits per heavy atom. The van der Waals surface area contributed by atoms with Crippen molar-refractivity contribution in [1.29, 1.82) is 5.26 Å². The number of nitriles is 1. The van der Waals surface area contributed by atoms with Crippen molar-refractivity contribution in [2.24, 2.45) is 0 Å². The van der Waals surface area contributed by atoms with Gasteiger partial charge in [0.05, 0.1) is 11.8 Å². The van der Waals surface area contributed by atoms with Crippen molar-refractivity contribution >= 4 is 9.84 Å². The summed E-state index contributed by atoms with van der Waals surface area (Å²) in [6.45, 7) is 1.59. The van der Waals surface area contributed by atoms with Crippen molar-refractivity contribution in [2.75, 3.05) is 25.1 Å². The SMILES string of the molecule is CS(=O)(=O)CCCN(CCC#N)C1CC1. The number of sulfone groups is 1. The number of nitrogens with zero attached hydrogens (tertiary/aromatic N) is 2. The molecule has 1 aliphatic rings. The molecule has 0 saturated heterocycles. The van der Waals surface area contributed by atoms with E-state index in [0.717, 1.165) is 13.1 Å². The van der Waals surface area contributed by atoms with Gasteiger partial charge < -0.3 is 0 Å². The van der Waals surface area contributed by atoms with E-state index in [-0.39, 0.29) is 5.75 Å². The third kappa shape index (κ3) is 5.75. The molecule has 0 aromatic heterocycles. The normalized spacial score (nSPS) is 16.6. The first-order valence-corrected chi connectivity index (χ1v) is 7.38. The van der Waals surface area contributed by atoms with Crippen LogP contribution in [0.4, 0.5) is 0 Å². The molecule has 1 rings (SSSR count). The Morgan fingerprint density at radius 3 is 2.53 bits per heavy atom. The van der Waals surface area contributed by atoms with Crippen LogP contribution in [0.25, 0.3) is 0 Å². The molecule has 86 valence electrons. The summed E-state index contributed by atoms with van der Waals surface area (Å²) in [4.78, 5) is 2.24. The van der Waals surface area contributed by atoms with Crippen LogP contribution in [0.5, 0.6) is 0 Å². The highest BCUT2D eigenvalue weighted by Gasteiger charge is 2.28. The molecule has 0 unspecified atom stereocenters. The predicted molar refractivity (Wildman–Crippen MR) is 59.2 cm³/mol. The van der Waals surface area contributed by atoms with Crippen molar-refractivity contribution < 1.29 is 8.42 Å². The molecule has 0 N–H and O–H groups in total. The van der Waals surface area contributed by atoms with Crippen molar-refractivity contribution in [2.45, 2.75) is 31.7 Å². The summed E-state index contributed by atoms with van der Waals surface area (Å²) in [6.07, 6.45) is 4.88. The van der Waals surface area contributed by atoms with E-state index < -0.39 is 9.84 Å². The summed E-state index contributed by atoms with van der Waals surface area (Å²) >= 11 is 0. The van der Waals surface area contributed by atoms with Gasteiger partial charge in [-0.05, 0) is 25.8 Å². The van der Waals surface area contributed by atoms with Crippen LogP contribution in [0, 0.1) is 11.3 Å². The second-order valence-corrected chi connectivity index (χ2v) is 6.42. The second-order valence-electron chi connectivity index (χ2n) is 4.16. The minimum Gasteiger partial charge on any atom is -0.299 e. The van der Waals surface area contributed by atoms with Gasteiger partial charge in [-0.15, -0.1) is 0 Å². The first-order valence-electron chi connectivity index (χ1n) is 5.31. The highest BCUT2D eigenvalue weighted by Crippen LogP contribution is 2.26. The quantitative estimate of drug-likeness (QED) is 0.649. The Morgan fingerprint density at radius 1 is 1.40 bits per heavy atom. The fourth-order valence-corrected chi connectivity index (χ4v) is 2.29. The topological polar surface area (TPSA) is 61.2 Å². The Balaban J connectivity index is 2.23. The van der Waals surface area contributed by atoms with Crippen LogP contribution < -0.4 is 0 Å². The Labute approximate surface area is 91.8 Å². The summed E-state index contributed by atoms with van der Waals surface area (Å²) in [5, 5.41) is 8.50. The van der Waals surface area contributed by atoms with E-state index in [4.69, 9.17) is 5.26 Å². The largest absolute Gasteiger partial charge is 0.299 e. The van der Waals surface area contributed by atoms with Crippen LogP contribution in [0.15, 0.2) is 0 Å². The Kier molecular flexibility index (Phi) is 4.55. The highest BCUT2D eigenvalue weighted by atomic mass is 32.2. The molecule has 0 heterocycles. The van der Waals surface area contributed by atoms with Crippen molar-refractivity contribution in [1.82, 2.24) is 4.90 Å². The van der Waals surface area contributed by atoms with Gasteiger partial charge in [-0.3, -0.25) is 4.90 Å². The fourth-order valence-electron chi connectivity index (χ4n) is 1.64. The molecule has 1 saturated carbocycles. The molecule has 0 spiro atoms. The average molecular weight is 230 g/mol. The van der Waals surface area contributed by atoms with Gasteiger partial charge in [0.1, 0.15) is 9.84 Å². The molecule has 5 heteroatoms. The molecule has 0 amide bonds. The van der Waals surface area contributed by atoms with E-state index in [9.17, 15) is 8.42 Å². The standard InChI is InChI=1S/C10H18N2O2S/c1-15(13,14)9-3-8-12(7-2-6-11)10-4-5-10/h10H,2-5,7-9H2,1H3. The van der Waals surface area contributed by atoms with E-state index in [0.29, 0.717) is 18.9 Å². The number of hydrogen-bond donors (Lipinski definition) is 0. The molecule has 0 radical (unpaired) electrons. The highest BCUT2D eigenvalue weighted by molar-refractivity contribution is 7.90. The molecular weight excluding hydrogens is 212 g/mol. The molecule has 1 aliphatic carbocycles. The smallest absolute Gasteiger partial charge is 0.147 e. The zero-order valence-electron chi connectivity index (χ0n) is 9.15. The minimum absolute atomic E-state index is 0.253. The predicted octanol–water partition coefficient (Wildman–Crippen LogP) is 0.799. The van der Waals surface area contributed by atoms with Crippen molar-refractivity contribution in [3.8, 4) is 6.07 Å². The lowest BCUT2D eigenvalue weighted by Crippen LogP contribution is -2.29. The molecule has 1 fully saturated rings. The lowest BCUT2D eigenvalue weighted by atomic mass is 10.3. The maximum Gasteiger partial charge on any atom is 0.147 e. The molecule has 0 atom stereocenters. The van der Waals surface area contributed by atoms with Crippen molar-refractivity contribution in [3.05, 3.63) is 0 Å². The van der Waals surface area contributed by atoms with Crippen LogP contribution in [-0.4, -0.2) is 44.5 Å². The van der Waals surface area contributed by atoms with E-state index in [2.05, 4.69) is 11.0 Å². The molecule has 0 aromatic rings. The summed E-state index contributed by atoms with van der Waals surface area (Å²) in [6, 6.07) is 2.74. The average Bonchev–Trinajstić information content (AvgIpc) is 2.92. The van der Waals surface area contributed by atoms with Crippen LogP contribution in [0.1, 0.15) is 25.7 Å². The first kappa shape index (κ1) is 12.5. The van der Waals surface area contributed by atoms with Crippen LogP contribution in [0.2, 0.25) is 0 Å². The summed E-state index contributed by atoms with van der Waals surface area (Å²) in [5.74, 6) is 0.253. The lowest BCUT2D eigenvalue weighted by molar-refractivity contribution is 0.270. The van der Waals surface area contributed by atoms with Crippen LogP contribution >= 0.6 is 0 Å². The van der Waals surface area contributed by atoms with Crippen LogP contribution in [0.3, 0.4) is 0 Å². The van der Waals surface area contributed by atoms with Gasteiger partial charge in [-0.1, -0.05) is 0 Å². The first-order chi connectivity index (χ1) is 7.03. The molecule has 15 heavy (non-hydrogen) atoms. The van der Waals surface area contributed by atoms with E-state index in [1.165, 1.54) is 19.1 Å². The van der Waals surface area contributed by atoms with E-state index in [1.807, 2.05) is 0 Å². The zero-order chi connectivity index (χ0) is 11.3. The third-order valence-electron chi connectivity index (χ3n) is 2.53. The molecule has 0 aromatic carbocycles. The van der Waals surface area contributed by atoms with Crippen LogP contribution in [-0.2, 0) is 9.84 Å². The van der Waals surface area contributed by atoms with Gasteiger partial charge >= 0.3 is 0 Å². The van der Waals surface area contributed by atoms with Gasteiger partial charge in [0.15, 0.2) is 0 Å². The van der Waals surface area contributed by atoms with Gasteiger partial charge in [0.2, 0.25) is 0 Å². The summed E-state index contributed by atoms with van der Waals surface area (Å²) in [7, 11) is -2.84. The molecule has 0 aliphatic heterocycles. The fraction of sp³-hybridized carbons (Fsp3) is 0.900. The van der Waals surface area contributed by atoms with Gasteiger partial charge in [-0.25, -0.2) is 8.42 Å². The lowest BCUT2D eigenvalue weighted by Gasteiger charge is -2.19. The maximum atomic E-state index is 10.9. The van der Waals surface area contributed by atoms with Gasteiger partial charge in [-0.2, -0.15) is 5.26 Å². The second kappa shape index (κ2) is 5.47. The van der Waals surface area contributed by atoms with Gasteiger partial charge in [0.25, 0.3) is 0 Å². The summed E-state index contributed by atoms with van der Waals surface area (Å²) < 4.78 is 21.9. The zero-order valence-corrected chi connectivity index (χ0v) is 9.96. The maximum absolute atomic E-state index is 10.9. The molecule has 4 nitrogen and oxygen atoms in total. The summed E-state index contributed by atoms with van der Waals surface area (Å²) in [5.41, 5.74) is 0. The van der Waals surface area contributed by atoms with E-state index >= 15 is 0 Å². The monoisotopic (exact) mass is 230 g/mol.